The van der Waals surface area contributed by atoms with Gasteiger partial charge in [-0.1, -0.05) is 23.7 Å². The molecule has 1 rings (SSSR count). The zero-order chi connectivity index (χ0) is 16.2. The Kier molecular flexibility index (Phi) is 5.37. The molecule has 1 aromatic rings. The predicted molar refractivity (Wildman–Crippen MR) is 72.6 cm³/mol. The van der Waals surface area contributed by atoms with Crippen molar-refractivity contribution in [2.24, 2.45) is 0 Å². The molecule has 8 heteroatoms. The fraction of sp³-hybridized carbons (Fsp3) is 0.385. The van der Waals surface area contributed by atoms with E-state index >= 15 is 0 Å². The molecule has 0 spiro atoms. The van der Waals surface area contributed by atoms with Crippen LogP contribution in [0, 0.1) is 10.1 Å². The van der Waals surface area contributed by atoms with E-state index in [-0.39, 0.29) is 5.56 Å². The lowest BCUT2D eigenvalue weighted by molar-refractivity contribution is -0.485. The summed E-state index contributed by atoms with van der Waals surface area (Å²) < 4.78 is 19.3. The number of halogens is 2. The van der Waals surface area contributed by atoms with E-state index in [1.165, 1.54) is 24.3 Å². The van der Waals surface area contributed by atoms with Crippen LogP contribution in [-0.4, -0.2) is 36.0 Å². The van der Waals surface area contributed by atoms with Crippen LogP contribution in [0.4, 0.5) is 4.39 Å². The first-order valence-electron chi connectivity index (χ1n) is 5.89. The van der Waals surface area contributed by atoms with E-state index < -0.39 is 34.8 Å². The third-order valence-corrected chi connectivity index (χ3v) is 3.33. The average molecular weight is 318 g/mol. The minimum absolute atomic E-state index is 0.110. The molecule has 0 saturated heterocycles. The number of methoxy groups -OCH3 is 1. The monoisotopic (exact) mass is 317 g/mol. The highest BCUT2D eigenvalue weighted by Gasteiger charge is 2.55. The molecular formula is C13H13ClFNO5. The van der Waals surface area contributed by atoms with E-state index in [2.05, 4.69) is 4.74 Å². The van der Waals surface area contributed by atoms with Gasteiger partial charge in [-0.05, 0) is 24.6 Å². The highest BCUT2D eigenvalue weighted by molar-refractivity contribution is 6.30. The van der Waals surface area contributed by atoms with Gasteiger partial charge in [0, 0.05) is 9.95 Å². The molecule has 0 saturated carbocycles. The highest BCUT2D eigenvalue weighted by atomic mass is 35.5. The molecular weight excluding hydrogens is 305 g/mol. The Morgan fingerprint density at radius 3 is 2.33 bits per heavy atom. The lowest BCUT2D eigenvalue weighted by Gasteiger charge is -2.26. The second kappa shape index (κ2) is 6.62. The smallest absolute Gasteiger partial charge is 0.352 e. The maximum absolute atomic E-state index is 15.0. The van der Waals surface area contributed by atoms with Gasteiger partial charge in [0.25, 0.3) is 5.67 Å². The van der Waals surface area contributed by atoms with Gasteiger partial charge in [-0.25, -0.2) is 9.18 Å². The fourth-order valence-corrected chi connectivity index (χ4v) is 2.11. The van der Waals surface area contributed by atoms with Crippen molar-refractivity contribution in [3.63, 3.8) is 0 Å². The van der Waals surface area contributed by atoms with Crippen molar-refractivity contribution >= 4 is 23.4 Å². The Balaban J connectivity index is 3.40. The van der Waals surface area contributed by atoms with Gasteiger partial charge >= 0.3 is 5.97 Å². The van der Waals surface area contributed by atoms with E-state index in [1.807, 2.05) is 0 Å². The SMILES string of the molecule is COC(=O)[C@](F)(C(C)=O)[C@H](C[N+](=O)[O-])c1ccc(Cl)cc1. The zero-order valence-corrected chi connectivity index (χ0v) is 12.1. The van der Waals surface area contributed by atoms with E-state index in [9.17, 15) is 24.1 Å². The number of esters is 1. The molecule has 1 aromatic carbocycles. The summed E-state index contributed by atoms with van der Waals surface area (Å²) in [5, 5.41) is 11.1. The molecule has 2 atom stereocenters. The van der Waals surface area contributed by atoms with Crippen molar-refractivity contribution in [3.8, 4) is 0 Å². The largest absolute Gasteiger partial charge is 0.466 e. The Labute approximate surface area is 125 Å². The molecule has 0 unspecified atom stereocenters. The first-order valence-corrected chi connectivity index (χ1v) is 6.26. The second-order valence-corrected chi connectivity index (χ2v) is 4.82. The van der Waals surface area contributed by atoms with Crippen LogP contribution in [0.3, 0.4) is 0 Å². The van der Waals surface area contributed by atoms with Crippen LogP contribution < -0.4 is 0 Å². The number of benzene rings is 1. The third kappa shape index (κ3) is 3.55. The summed E-state index contributed by atoms with van der Waals surface area (Å²) in [5.74, 6) is -4.22. The zero-order valence-electron chi connectivity index (χ0n) is 11.3. The lowest BCUT2D eigenvalue weighted by atomic mass is 9.81. The molecule has 21 heavy (non-hydrogen) atoms. The molecule has 0 amide bonds. The number of nitro groups is 1. The normalized spacial score (nSPS) is 14.9. The van der Waals surface area contributed by atoms with Crippen molar-refractivity contribution < 1.29 is 23.6 Å². The van der Waals surface area contributed by atoms with E-state index in [4.69, 9.17) is 11.6 Å². The summed E-state index contributed by atoms with van der Waals surface area (Å²) in [5.41, 5.74) is -3.02. The molecule has 114 valence electrons. The summed E-state index contributed by atoms with van der Waals surface area (Å²) >= 11 is 5.70. The van der Waals surface area contributed by atoms with Crippen LogP contribution in [0.5, 0.6) is 0 Å². The summed E-state index contributed by atoms with van der Waals surface area (Å²) in [7, 11) is 0.907. The molecule has 0 aliphatic carbocycles. The van der Waals surface area contributed by atoms with Crippen LogP contribution >= 0.6 is 11.6 Å². The Morgan fingerprint density at radius 1 is 1.43 bits per heavy atom. The average Bonchev–Trinajstić information content (AvgIpc) is 2.43. The van der Waals surface area contributed by atoms with Crippen molar-refractivity contribution in [2.45, 2.75) is 18.5 Å². The van der Waals surface area contributed by atoms with Gasteiger partial charge in [-0.3, -0.25) is 14.9 Å². The summed E-state index contributed by atoms with van der Waals surface area (Å²) in [6.07, 6.45) is 0. The minimum atomic E-state index is -3.13. The topological polar surface area (TPSA) is 86.5 Å². The van der Waals surface area contributed by atoms with Crippen LogP contribution in [-0.2, 0) is 14.3 Å². The van der Waals surface area contributed by atoms with E-state index in [0.29, 0.717) is 5.02 Å². The second-order valence-electron chi connectivity index (χ2n) is 4.38. The minimum Gasteiger partial charge on any atom is -0.466 e. The number of ether oxygens (including phenoxy) is 1. The lowest BCUT2D eigenvalue weighted by Crippen LogP contribution is -2.49. The first kappa shape index (κ1) is 17.0. The molecule has 0 aliphatic rings. The van der Waals surface area contributed by atoms with Crippen molar-refractivity contribution in [3.05, 3.63) is 45.0 Å². The summed E-state index contributed by atoms with van der Waals surface area (Å²) in [6.45, 7) is -0.0907. The van der Waals surface area contributed by atoms with Gasteiger partial charge in [-0.2, -0.15) is 0 Å². The number of ketones is 1. The van der Waals surface area contributed by atoms with E-state index in [1.54, 1.807) is 0 Å². The Bertz CT molecular complexity index is 562. The molecule has 0 aromatic heterocycles. The molecule has 0 fully saturated rings. The van der Waals surface area contributed by atoms with Gasteiger partial charge in [0.2, 0.25) is 6.54 Å². The standard InChI is InChI=1S/C13H13ClFNO5/c1-8(17)13(15,12(18)21-2)11(7-16(19)20)9-3-5-10(14)6-4-9/h3-6,11H,7H2,1-2H3/t11-,13+/m1/s1. The van der Waals surface area contributed by atoms with Gasteiger partial charge in [0.15, 0.2) is 5.78 Å². The molecule has 0 radical (unpaired) electrons. The maximum atomic E-state index is 15.0. The number of nitrogens with zero attached hydrogens (tertiary/aromatic N) is 1. The van der Waals surface area contributed by atoms with E-state index in [0.717, 1.165) is 14.0 Å². The quantitative estimate of drug-likeness (QED) is 0.347. The molecule has 0 heterocycles. The number of alkyl halides is 1. The third-order valence-electron chi connectivity index (χ3n) is 3.08. The number of carbonyl (C=O) groups excluding carboxylic acids is 2. The fourth-order valence-electron chi connectivity index (χ4n) is 1.98. The van der Waals surface area contributed by atoms with Gasteiger partial charge in [0.1, 0.15) is 5.92 Å². The van der Waals surface area contributed by atoms with Gasteiger partial charge < -0.3 is 4.74 Å². The number of carbonyl (C=O) groups is 2. The molecule has 0 N–H and O–H groups in total. The van der Waals surface area contributed by atoms with Crippen LogP contribution in [0.25, 0.3) is 0 Å². The van der Waals surface area contributed by atoms with Crippen molar-refractivity contribution in [1.29, 1.82) is 0 Å². The molecule has 6 nitrogen and oxygen atoms in total. The highest BCUT2D eigenvalue weighted by Crippen LogP contribution is 2.35. The van der Waals surface area contributed by atoms with Crippen molar-refractivity contribution in [1.82, 2.24) is 0 Å². The number of hydrogen-bond donors (Lipinski definition) is 0. The van der Waals surface area contributed by atoms with Gasteiger partial charge in [0.05, 0.1) is 7.11 Å². The molecule has 0 bridgehead atoms. The van der Waals surface area contributed by atoms with Gasteiger partial charge in [-0.15, -0.1) is 0 Å². The summed E-state index contributed by atoms with van der Waals surface area (Å²) in [4.78, 5) is 33.3. The Hall–Kier alpha value is -2.02. The molecule has 0 aliphatic heterocycles. The predicted octanol–water partition coefficient (Wildman–Crippen LogP) is 2.17. The number of hydrogen-bond acceptors (Lipinski definition) is 5. The Morgan fingerprint density at radius 2 is 1.95 bits per heavy atom. The summed E-state index contributed by atoms with van der Waals surface area (Å²) in [6, 6.07) is 5.44. The number of Topliss-reactive ketones (excluding diaryl/α,β-unsaturated/α-hetero) is 1. The number of rotatable bonds is 6. The van der Waals surface area contributed by atoms with Crippen LogP contribution in [0.2, 0.25) is 5.02 Å². The van der Waals surface area contributed by atoms with Crippen LogP contribution in [0.1, 0.15) is 18.4 Å². The first-order chi connectivity index (χ1) is 9.73. The van der Waals surface area contributed by atoms with Crippen molar-refractivity contribution in [2.75, 3.05) is 13.7 Å². The van der Waals surface area contributed by atoms with Crippen LogP contribution in [0.15, 0.2) is 24.3 Å². The maximum Gasteiger partial charge on any atom is 0.352 e.